The van der Waals surface area contributed by atoms with Gasteiger partial charge in [-0.2, -0.15) is 0 Å². The van der Waals surface area contributed by atoms with Crippen LogP contribution in [0.4, 0.5) is 4.79 Å². The van der Waals surface area contributed by atoms with Crippen LogP contribution in [0.5, 0.6) is 0 Å². The molecule has 3 amide bonds. The second-order valence-electron chi connectivity index (χ2n) is 3.46. The first-order valence-corrected chi connectivity index (χ1v) is 4.37. The van der Waals surface area contributed by atoms with Gasteiger partial charge in [-0.3, -0.25) is 10.1 Å². The highest BCUT2D eigenvalue weighted by atomic mass is 16.2. The number of nitrogens with two attached hydrogens (primary N) is 1. The lowest BCUT2D eigenvalue weighted by Crippen LogP contribution is -2.38. The average molecular weight is 185 g/mol. The van der Waals surface area contributed by atoms with Crippen LogP contribution in [0.2, 0.25) is 0 Å². The zero-order valence-electron chi connectivity index (χ0n) is 7.91. The third-order valence-corrected chi connectivity index (χ3v) is 2.25. The van der Waals surface area contributed by atoms with Crippen molar-refractivity contribution in [3.05, 3.63) is 0 Å². The van der Waals surface area contributed by atoms with Crippen LogP contribution in [0.15, 0.2) is 0 Å². The molecule has 1 rings (SSSR count). The number of carbonyl (C=O) groups is 2. The van der Waals surface area contributed by atoms with Crippen LogP contribution in [-0.2, 0) is 4.79 Å². The van der Waals surface area contributed by atoms with Gasteiger partial charge in [-0.05, 0) is 19.4 Å². The summed E-state index contributed by atoms with van der Waals surface area (Å²) in [6.45, 7) is 4.71. The van der Waals surface area contributed by atoms with Gasteiger partial charge in [0.25, 0.3) is 5.91 Å². The molecule has 1 heterocycles. The molecule has 2 atom stereocenters. The first-order chi connectivity index (χ1) is 6.06. The highest BCUT2D eigenvalue weighted by Gasteiger charge is 2.34. The third-order valence-electron chi connectivity index (χ3n) is 2.25. The molecule has 0 spiro atoms. The van der Waals surface area contributed by atoms with Gasteiger partial charge in [0.2, 0.25) is 0 Å². The Hall–Kier alpha value is -1.10. The van der Waals surface area contributed by atoms with Crippen molar-refractivity contribution in [1.82, 2.24) is 10.2 Å². The molecule has 74 valence electrons. The van der Waals surface area contributed by atoms with E-state index in [1.165, 1.54) is 4.90 Å². The van der Waals surface area contributed by atoms with Crippen LogP contribution in [0.25, 0.3) is 0 Å². The van der Waals surface area contributed by atoms with Gasteiger partial charge in [0.1, 0.15) is 6.04 Å². The van der Waals surface area contributed by atoms with Crippen molar-refractivity contribution < 1.29 is 9.59 Å². The van der Waals surface area contributed by atoms with Crippen LogP contribution in [0, 0.1) is 5.92 Å². The molecule has 0 radical (unpaired) electrons. The Balaban J connectivity index is 2.58. The Kier molecular flexibility index (Phi) is 2.87. The predicted octanol–water partition coefficient (Wildman–Crippen LogP) is -0.478. The van der Waals surface area contributed by atoms with Crippen molar-refractivity contribution in [1.29, 1.82) is 0 Å². The Morgan fingerprint density at radius 3 is 2.62 bits per heavy atom. The normalized spacial score (nSPS) is 24.8. The number of nitrogens with zero attached hydrogens (tertiary/aromatic N) is 1. The van der Waals surface area contributed by atoms with Crippen LogP contribution in [0.1, 0.15) is 13.8 Å². The molecule has 3 N–H and O–H groups in total. The van der Waals surface area contributed by atoms with E-state index < -0.39 is 0 Å². The summed E-state index contributed by atoms with van der Waals surface area (Å²) >= 11 is 0. The number of hydrogen-bond acceptors (Lipinski definition) is 3. The Bertz CT molecular complexity index is 229. The van der Waals surface area contributed by atoms with Gasteiger partial charge in [-0.15, -0.1) is 0 Å². The summed E-state index contributed by atoms with van der Waals surface area (Å²) in [6.07, 6.45) is 0. The van der Waals surface area contributed by atoms with Gasteiger partial charge in [0, 0.05) is 6.54 Å². The number of urea groups is 1. The first-order valence-electron chi connectivity index (χ1n) is 4.37. The van der Waals surface area contributed by atoms with E-state index in [9.17, 15) is 9.59 Å². The molecular formula is C8H15N3O2. The quantitative estimate of drug-likeness (QED) is 0.583. The van der Waals surface area contributed by atoms with E-state index in [0.29, 0.717) is 13.1 Å². The first kappa shape index (κ1) is 9.98. The van der Waals surface area contributed by atoms with Crippen LogP contribution in [-0.4, -0.2) is 36.0 Å². The molecule has 0 aliphatic carbocycles. The molecule has 5 heteroatoms. The number of rotatable bonds is 3. The van der Waals surface area contributed by atoms with Gasteiger partial charge < -0.3 is 10.6 Å². The lowest BCUT2D eigenvalue weighted by Gasteiger charge is -2.21. The fourth-order valence-corrected chi connectivity index (χ4v) is 1.25. The molecule has 0 saturated carbocycles. The summed E-state index contributed by atoms with van der Waals surface area (Å²) in [6, 6.07) is -0.667. The van der Waals surface area contributed by atoms with E-state index in [1.54, 1.807) is 6.92 Å². The summed E-state index contributed by atoms with van der Waals surface area (Å²) in [7, 11) is 0. The van der Waals surface area contributed by atoms with E-state index >= 15 is 0 Å². The molecule has 1 fully saturated rings. The largest absolute Gasteiger partial charge is 0.330 e. The molecule has 13 heavy (non-hydrogen) atoms. The van der Waals surface area contributed by atoms with Gasteiger partial charge >= 0.3 is 6.03 Å². The van der Waals surface area contributed by atoms with E-state index in [4.69, 9.17) is 5.73 Å². The Morgan fingerprint density at radius 1 is 1.62 bits per heavy atom. The fraction of sp³-hybridized carbons (Fsp3) is 0.750. The third kappa shape index (κ3) is 1.98. The maximum atomic E-state index is 11.2. The van der Waals surface area contributed by atoms with E-state index in [2.05, 4.69) is 5.32 Å². The van der Waals surface area contributed by atoms with Crippen LogP contribution < -0.4 is 11.1 Å². The molecule has 1 aliphatic heterocycles. The topological polar surface area (TPSA) is 75.4 Å². The molecule has 1 saturated heterocycles. The maximum Gasteiger partial charge on any atom is 0.324 e. The summed E-state index contributed by atoms with van der Waals surface area (Å²) in [5, 5.41) is 2.25. The summed E-state index contributed by atoms with van der Waals surface area (Å²) < 4.78 is 0. The van der Waals surface area contributed by atoms with Gasteiger partial charge in [0.05, 0.1) is 0 Å². The molecule has 2 unspecified atom stereocenters. The number of carbonyl (C=O) groups excluding carboxylic acids is 2. The van der Waals surface area contributed by atoms with Crippen molar-refractivity contribution in [3.8, 4) is 0 Å². The Labute approximate surface area is 77.3 Å². The van der Waals surface area contributed by atoms with Crippen molar-refractivity contribution in [2.75, 3.05) is 13.1 Å². The molecule has 0 bridgehead atoms. The van der Waals surface area contributed by atoms with Crippen molar-refractivity contribution in [3.63, 3.8) is 0 Å². The molecule has 0 aromatic carbocycles. The smallest absolute Gasteiger partial charge is 0.324 e. The summed E-state index contributed by atoms with van der Waals surface area (Å²) in [4.78, 5) is 23.8. The zero-order chi connectivity index (χ0) is 10.0. The standard InChI is InChI=1S/C8H15N3O2/c1-5(3-9)4-11-6(2)7(12)10-8(11)13/h5-6H,3-4,9H2,1-2H3,(H,10,12,13). The van der Waals surface area contributed by atoms with Crippen molar-refractivity contribution in [2.45, 2.75) is 19.9 Å². The molecule has 1 aliphatic rings. The number of nitrogens with one attached hydrogen (secondary N) is 1. The number of amides is 3. The molecule has 0 aromatic heterocycles. The van der Waals surface area contributed by atoms with E-state index in [-0.39, 0.29) is 23.9 Å². The van der Waals surface area contributed by atoms with Crippen LogP contribution in [0.3, 0.4) is 0 Å². The molecule has 5 nitrogen and oxygen atoms in total. The van der Waals surface area contributed by atoms with Crippen LogP contribution >= 0.6 is 0 Å². The maximum absolute atomic E-state index is 11.2. The number of imide groups is 1. The van der Waals surface area contributed by atoms with Gasteiger partial charge in [-0.25, -0.2) is 4.79 Å². The lowest BCUT2D eigenvalue weighted by molar-refractivity contribution is -0.121. The van der Waals surface area contributed by atoms with E-state index in [1.807, 2.05) is 6.92 Å². The average Bonchev–Trinajstić information content (AvgIpc) is 2.32. The minimum Gasteiger partial charge on any atom is -0.330 e. The minimum absolute atomic E-state index is 0.221. The highest BCUT2D eigenvalue weighted by molar-refractivity contribution is 6.03. The minimum atomic E-state index is -0.360. The zero-order valence-corrected chi connectivity index (χ0v) is 7.91. The second-order valence-corrected chi connectivity index (χ2v) is 3.46. The van der Waals surface area contributed by atoms with E-state index in [0.717, 1.165) is 0 Å². The SMILES string of the molecule is CC(CN)CN1C(=O)NC(=O)C1C. The molecule has 0 aromatic rings. The monoisotopic (exact) mass is 185 g/mol. The second kappa shape index (κ2) is 3.74. The predicted molar refractivity (Wildman–Crippen MR) is 47.9 cm³/mol. The van der Waals surface area contributed by atoms with Gasteiger partial charge in [0.15, 0.2) is 0 Å². The highest BCUT2D eigenvalue weighted by Crippen LogP contribution is 2.10. The summed E-state index contributed by atoms with van der Waals surface area (Å²) in [5.74, 6) is -0.00618. The lowest BCUT2D eigenvalue weighted by atomic mass is 10.1. The number of hydrogen-bond donors (Lipinski definition) is 2. The van der Waals surface area contributed by atoms with Crippen molar-refractivity contribution in [2.24, 2.45) is 11.7 Å². The Morgan fingerprint density at radius 2 is 2.23 bits per heavy atom. The molecular weight excluding hydrogens is 170 g/mol. The van der Waals surface area contributed by atoms with Crippen molar-refractivity contribution >= 4 is 11.9 Å². The van der Waals surface area contributed by atoms with Gasteiger partial charge in [-0.1, -0.05) is 6.92 Å². The fourth-order valence-electron chi connectivity index (χ4n) is 1.25. The summed E-state index contributed by atoms with van der Waals surface area (Å²) in [5.41, 5.74) is 5.43.